The summed E-state index contributed by atoms with van der Waals surface area (Å²) in [5.41, 5.74) is -1.03. The number of carbonyl (C=O) groups is 2. The van der Waals surface area contributed by atoms with E-state index in [9.17, 15) is 22.8 Å². The summed E-state index contributed by atoms with van der Waals surface area (Å²) >= 11 is 5.89. The molecule has 4 nitrogen and oxygen atoms in total. The zero-order chi connectivity index (χ0) is 15.8. The van der Waals surface area contributed by atoms with Crippen LogP contribution in [0.25, 0.3) is 0 Å². The van der Waals surface area contributed by atoms with E-state index in [2.05, 4.69) is 5.32 Å². The Kier molecular flexibility index (Phi) is 4.13. The molecule has 8 heteroatoms. The maximum Gasteiger partial charge on any atom is 0.416 e. The molecule has 1 saturated heterocycles. The normalized spacial score (nSPS) is 19.7. The molecular weight excluding hydrogens is 309 g/mol. The molecule has 1 atom stereocenters. The largest absolute Gasteiger partial charge is 0.416 e. The van der Waals surface area contributed by atoms with Crippen molar-refractivity contribution in [2.24, 2.45) is 0 Å². The monoisotopic (exact) mass is 320 g/mol. The number of piperazine rings is 1. The molecule has 2 amide bonds. The predicted molar refractivity (Wildman–Crippen MR) is 71.0 cm³/mol. The highest BCUT2D eigenvalue weighted by atomic mass is 35.5. The van der Waals surface area contributed by atoms with Crippen molar-refractivity contribution in [1.29, 1.82) is 0 Å². The molecule has 1 aliphatic heterocycles. The van der Waals surface area contributed by atoms with E-state index in [4.69, 9.17) is 11.6 Å². The third-order valence-electron chi connectivity index (χ3n) is 3.17. The standard InChI is InChI=1S/C13H12ClF3N2O2/c1-2-9-12(21)19(6-11(20)18-9)10-5-7(13(15,16)17)3-4-8(10)14/h3-5,9H,2,6H2,1H3,(H,18,20). The molecule has 114 valence electrons. The van der Waals surface area contributed by atoms with Gasteiger partial charge in [-0.25, -0.2) is 0 Å². The third-order valence-corrected chi connectivity index (χ3v) is 3.49. The van der Waals surface area contributed by atoms with E-state index >= 15 is 0 Å². The van der Waals surface area contributed by atoms with Gasteiger partial charge in [-0.05, 0) is 24.6 Å². The number of anilines is 1. The molecule has 1 aromatic carbocycles. The Morgan fingerprint density at radius 2 is 2.05 bits per heavy atom. The smallest absolute Gasteiger partial charge is 0.343 e. The second kappa shape index (κ2) is 5.55. The minimum atomic E-state index is -4.55. The highest BCUT2D eigenvalue weighted by Crippen LogP contribution is 2.36. The first kappa shape index (κ1) is 15.6. The molecule has 0 radical (unpaired) electrons. The van der Waals surface area contributed by atoms with Gasteiger partial charge >= 0.3 is 6.18 Å². The van der Waals surface area contributed by atoms with Gasteiger partial charge in [0.15, 0.2) is 0 Å². The zero-order valence-electron chi connectivity index (χ0n) is 11.0. The van der Waals surface area contributed by atoms with Crippen molar-refractivity contribution in [3.05, 3.63) is 28.8 Å². The molecule has 21 heavy (non-hydrogen) atoms. The summed E-state index contributed by atoms with van der Waals surface area (Å²) in [4.78, 5) is 24.8. The first-order chi connectivity index (χ1) is 9.74. The number of halogens is 4. The Hall–Kier alpha value is -1.76. The van der Waals surface area contributed by atoms with Crippen molar-refractivity contribution in [3.63, 3.8) is 0 Å². The Morgan fingerprint density at radius 3 is 2.62 bits per heavy atom. The van der Waals surface area contributed by atoms with Crippen LogP contribution in [0, 0.1) is 0 Å². The van der Waals surface area contributed by atoms with Crippen molar-refractivity contribution < 1.29 is 22.8 Å². The number of alkyl halides is 3. The molecule has 1 aliphatic rings. The molecule has 0 bridgehead atoms. The number of rotatable bonds is 2. The number of amides is 2. The van der Waals surface area contributed by atoms with Gasteiger partial charge < -0.3 is 5.32 Å². The van der Waals surface area contributed by atoms with Gasteiger partial charge in [0.25, 0.3) is 0 Å². The van der Waals surface area contributed by atoms with Crippen LogP contribution < -0.4 is 10.2 Å². The van der Waals surface area contributed by atoms with Gasteiger partial charge in [0.1, 0.15) is 12.6 Å². The molecule has 0 aliphatic carbocycles. The fourth-order valence-electron chi connectivity index (χ4n) is 2.09. The highest BCUT2D eigenvalue weighted by Gasteiger charge is 2.36. The Balaban J connectivity index is 2.44. The quantitative estimate of drug-likeness (QED) is 0.910. The van der Waals surface area contributed by atoms with Crippen LogP contribution in [0.15, 0.2) is 18.2 Å². The van der Waals surface area contributed by atoms with Crippen LogP contribution in [0.4, 0.5) is 18.9 Å². The lowest BCUT2D eigenvalue weighted by atomic mass is 10.1. The Labute approximate surface area is 123 Å². The van der Waals surface area contributed by atoms with E-state index in [-0.39, 0.29) is 17.3 Å². The molecular formula is C13H12ClF3N2O2. The van der Waals surface area contributed by atoms with E-state index in [1.165, 1.54) is 0 Å². The zero-order valence-corrected chi connectivity index (χ0v) is 11.8. The van der Waals surface area contributed by atoms with Crippen molar-refractivity contribution in [2.75, 3.05) is 11.4 Å². The van der Waals surface area contributed by atoms with E-state index in [0.717, 1.165) is 23.1 Å². The van der Waals surface area contributed by atoms with Gasteiger partial charge in [-0.3, -0.25) is 14.5 Å². The van der Waals surface area contributed by atoms with Gasteiger partial charge in [-0.15, -0.1) is 0 Å². The Morgan fingerprint density at radius 1 is 1.38 bits per heavy atom. The summed E-state index contributed by atoms with van der Waals surface area (Å²) in [5.74, 6) is -0.909. The summed E-state index contributed by atoms with van der Waals surface area (Å²) in [6, 6.07) is 1.93. The van der Waals surface area contributed by atoms with Gasteiger partial charge in [0.05, 0.1) is 16.3 Å². The van der Waals surface area contributed by atoms with Crippen molar-refractivity contribution >= 4 is 29.1 Å². The minimum Gasteiger partial charge on any atom is -0.343 e. The van der Waals surface area contributed by atoms with Crippen LogP contribution in [0.2, 0.25) is 5.02 Å². The van der Waals surface area contributed by atoms with Gasteiger partial charge in [0.2, 0.25) is 11.8 Å². The van der Waals surface area contributed by atoms with Crippen LogP contribution >= 0.6 is 11.6 Å². The number of nitrogens with zero attached hydrogens (tertiary/aromatic N) is 1. The average Bonchev–Trinajstić information content (AvgIpc) is 2.40. The van der Waals surface area contributed by atoms with Gasteiger partial charge in [-0.1, -0.05) is 18.5 Å². The SMILES string of the molecule is CCC1NC(=O)CN(c2cc(C(F)(F)F)ccc2Cl)C1=O. The van der Waals surface area contributed by atoms with Crippen molar-refractivity contribution in [1.82, 2.24) is 5.32 Å². The van der Waals surface area contributed by atoms with Gasteiger partial charge in [-0.2, -0.15) is 13.2 Å². The number of hydrogen-bond donors (Lipinski definition) is 1. The second-order valence-electron chi connectivity index (χ2n) is 4.62. The summed E-state index contributed by atoms with van der Waals surface area (Å²) in [5, 5.41) is 2.47. The van der Waals surface area contributed by atoms with Crippen LogP contribution in [-0.4, -0.2) is 24.4 Å². The maximum atomic E-state index is 12.8. The topological polar surface area (TPSA) is 49.4 Å². The second-order valence-corrected chi connectivity index (χ2v) is 5.02. The molecule has 1 aromatic rings. The van der Waals surface area contributed by atoms with E-state index < -0.39 is 29.6 Å². The predicted octanol–water partition coefficient (Wildman–Crippen LogP) is 2.60. The number of carbonyl (C=O) groups excluding carboxylic acids is 2. The molecule has 0 saturated carbocycles. The molecule has 0 spiro atoms. The molecule has 1 fully saturated rings. The highest BCUT2D eigenvalue weighted by molar-refractivity contribution is 6.34. The molecule has 0 aromatic heterocycles. The van der Waals surface area contributed by atoms with Gasteiger partial charge in [0, 0.05) is 0 Å². The summed E-state index contributed by atoms with van der Waals surface area (Å²) < 4.78 is 38.3. The Bertz CT molecular complexity index is 589. The minimum absolute atomic E-state index is 0.0131. The number of hydrogen-bond acceptors (Lipinski definition) is 2. The van der Waals surface area contributed by atoms with Crippen LogP contribution in [0.5, 0.6) is 0 Å². The summed E-state index contributed by atoms with van der Waals surface area (Å²) in [6.45, 7) is 1.34. The number of benzene rings is 1. The van der Waals surface area contributed by atoms with Crippen LogP contribution in [0.1, 0.15) is 18.9 Å². The van der Waals surface area contributed by atoms with E-state index in [0.29, 0.717) is 6.42 Å². The molecule has 1 N–H and O–H groups in total. The lowest BCUT2D eigenvalue weighted by molar-refractivity contribution is -0.137. The average molecular weight is 321 g/mol. The first-order valence-corrected chi connectivity index (χ1v) is 6.59. The summed E-state index contributed by atoms with van der Waals surface area (Å²) in [7, 11) is 0. The van der Waals surface area contributed by atoms with Crippen molar-refractivity contribution in [3.8, 4) is 0 Å². The fourth-order valence-corrected chi connectivity index (χ4v) is 2.31. The third kappa shape index (κ3) is 3.12. The maximum absolute atomic E-state index is 12.8. The molecule has 1 unspecified atom stereocenters. The first-order valence-electron chi connectivity index (χ1n) is 6.21. The lowest BCUT2D eigenvalue weighted by Gasteiger charge is -2.32. The molecule has 1 heterocycles. The fraction of sp³-hybridized carbons (Fsp3) is 0.385. The van der Waals surface area contributed by atoms with E-state index in [1.54, 1.807) is 6.92 Å². The van der Waals surface area contributed by atoms with Crippen LogP contribution in [-0.2, 0) is 15.8 Å². The van der Waals surface area contributed by atoms with Crippen LogP contribution in [0.3, 0.4) is 0 Å². The van der Waals surface area contributed by atoms with Crippen molar-refractivity contribution in [2.45, 2.75) is 25.6 Å². The lowest BCUT2D eigenvalue weighted by Crippen LogP contribution is -2.58. The molecule has 2 rings (SSSR count). The summed E-state index contributed by atoms with van der Waals surface area (Å²) in [6.07, 6.45) is -4.21. The van der Waals surface area contributed by atoms with E-state index in [1.807, 2.05) is 0 Å². The number of nitrogens with one attached hydrogen (secondary N) is 1.